The Morgan fingerprint density at radius 2 is 1.85 bits per heavy atom. The fourth-order valence-corrected chi connectivity index (χ4v) is 2.59. The van der Waals surface area contributed by atoms with Crippen molar-refractivity contribution in [3.63, 3.8) is 0 Å². The highest BCUT2D eigenvalue weighted by Crippen LogP contribution is 2.33. The van der Waals surface area contributed by atoms with Crippen LogP contribution in [0.25, 0.3) is 10.8 Å². The third kappa shape index (κ3) is 3.93. The maximum absolute atomic E-state index is 12.6. The molecule has 3 rings (SSSR count). The molecule has 0 aromatic heterocycles. The summed E-state index contributed by atoms with van der Waals surface area (Å²) in [6.45, 7) is 0. The van der Waals surface area contributed by atoms with Crippen molar-refractivity contribution in [3.8, 4) is 17.6 Å². The zero-order chi connectivity index (χ0) is 19.6. The lowest BCUT2D eigenvalue weighted by Gasteiger charge is -2.15. The molecule has 0 bridgehead atoms. The van der Waals surface area contributed by atoms with Crippen LogP contribution in [-0.4, -0.2) is 17.4 Å². The molecule has 0 unspecified atom stereocenters. The number of hydrogen-bond acceptors (Lipinski definition) is 4. The molecule has 0 saturated heterocycles. The summed E-state index contributed by atoms with van der Waals surface area (Å²) in [6.07, 6.45) is -5.00. The van der Waals surface area contributed by atoms with Crippen molar-refractivity contribution in [2.45, 2.75) is 6.36 Å². The number of alkyl halides is 3. The minimum absolute atomic E-state index is 0.0692. The first-order valence-electron chi connectivity index (χ1n) is 7.60. The largest absolute Gasteiger partial charge is 0.573 e. The lowest BCUT2D eigenvalue weighted by molar-refractivity contribution is -0.274. The van der Waals surface area contributed by atoms with Crippen LogP contribution >= 0.6 is 0 Å². The molecule has 27 heavy (non-hydrogen) atoms. The number of phenolic OH excluding ortho intramolecular Hbond substituents is 1. The molecule has 2 N–H and O–H groups in total. The summed E-state index contributed by atoms with van der Waals surface area (Å²) >= 11 is 0. The van der Waals surface area contributed by atoms with Crippen molar-refractivity contribution in [1.82, 2.24) is 0 Å². The minimum atomic E-state index is -5.00. The maximum Gasteiger partial charge on any atom is 0.573 e. The van der Waals surface area contributed by atoms with Crippen molar-refractivity contribution in [3.05, 3.63) is 65.7 Å². The molecule has 0 atom stereocenters. The van der Waals surface area contributed by atoms with Crippen LogP contribution in [0.4, 0.5) is 18.9 Å². The topological polar surface area (TPSA) is 82.4 Å². The number of hydrogen-bond donors (Lipinski definition) is 2. The third-order valence-corrected chi connectivity index (χ3v) is 3.72. The van der Waals surface area contributed by atoms with Crippen molar-refractivity contribution in [2.24, 2.45) is 0 Å². The Morgan fingerprint density at radius 3 is 2.56 bits per heavy atom. The van der Waals surface area contributed by atoms with Gasteiger partial charge in [-0.2, -0.15) is 5.26 Å². The number of benzene rings is 3. The summed E-state index contributed by atoms with van der Waals surface area (Å²) in [5.74, 6) is -1.87. The highest BCUT2D eigenvalue weighted by molar-refractivity contribution is 6.15. The molecule has 3 aromatic rings. The van der Waals surface area contributed by atoms with Crippen LogP contribution in [0.2, 0.25) is 0 Å². The Hall–Kier alpha value is -3.73. The number of halogens is 3. The van der Waals surface area contributed by atoms with Crippen LogP contribution in [0.15, 0.2) is 54.6 Å². The van der Waals surface area contributed by atoms with Crippen LogP contribution in [0, 0.1) is 11.3 Å². The van der Waals surface area contributed by atoms with Gasteiger partial charge in [-0.05, 0) is 29.0 Å². The molecular weight excluding hydrogens is 361 g/mol. The molecule has 3 aromatic carbocycles. The predicted molar refractivity (Wildman–Crippen MR) is 91.4 cm³/mol. The predicted octanol–water partition coefficient (Wildman–Crippen LogP) is 4.57. The first kappa shape index (κ1) is 18.1. The molecule has 5 nitrogen and oxygen atoms in total. The van der Waals surface area contributed by atoms with E-state index in [9.17, 15) is 23.1 Å². The first-order valence-corrected chi connectivity index (χ1v) is 7.60. The zero-order valence-electron chi connectivity index (χ0n) is 13.5. The van der Waals surface area contributed by atoms with Gasteiger partial charge in [0.05, 0.1) is 22.9 Å². The number of nitrogens with zero attached hydrogens (tertiary/aromatic N) is 1. The second kappa shape index (κ2) is 6.88. The van der Waals surface area contributed by atoms with Crippen LogP contribution in [-0.2, 0) is 0 Å². The van der Waals surface area contributed by atoms with Gasteiger partial charge in [-0.15, -0.1) is 13.2 Å². The van der Waals surface area contributed by atoms with E-state index in [1.165, 1.54) is 12.1 Å². The maximum atomic E-state index is 12.6. The summed E-state index contributed by atoms with van der Waals surface area (Å²) in [5.41, 5.74) is -0.445. The smallest absolute Gasteiger partial charge is 0.507 e. The second-order valence-electron chi connectivity index (χ2n) is 5.51. The van der Waals surface area contributed by atoms with Gasteiger partial charge in [-0.1, -0.05) is 30.3 Å². The molecule has 0 saturated carbocycles. The average molecular weight is 372 g/mol. The highest BCUT2D eigenvalue weighted by Gasteiger charge is 2.32. The number of rotatable bonds is 3. The Kier molecular flexibility index (Phi) is 4.60. The van der Waals surface area contributed by atoms with Crippen molar-refractivity contribution in [2.75, 3.05) is 5.32 Å². The summed E-state index contributed by atoms with van der Waals surface area (Å²) < 4.78 is 41.8. The van der Waals surface area contributed by atoms with Crippen molar-refractivity contribution in [1.29, 1.82) is 5.26 Å². The lowest BCUT2D eigenvalue weighted by atomic mass is 10.0. The molecule has 0 fully saturated rings. The molecule has 8 heteroatoms. The normalized spacial score (nSPS) is 11.0. The summed E-state index contributed by atoms with van der Waals surface area (Å²) in [6, 6.07) is 14.6. The first-order chi connectivity index (χ1) is 12.8. The van der Waals surface area contributed by atoms with E-state index in [2.05, 4.69) is 10.1 Å². The van der Waals surface area contributed by atoms with Gasteiger partial charge in [0.1, 0.15) is 5.75 Å². The van der Waals surface area contributed by atoms with E-state index >= 15 is 0 Å². The summed E-state index contributed by atoms with van der Waals surface area (Å²) in [7, 11) is 0. The van der Waals surface area contributed by atoms with Crippen LogP contribution in [0.3, 0.4) is 0 Å². The number of ether oxygens (including phenoxy) is 1. The summed E-state index contributed by atoms with van der Waals surface area (Å²) in [5, 5.41) is 22.3. The number of fused-ring (bicyclic) bond motifs is 1. The Balaban J connectivity index is 2.02. The molecule has 1 amide bonds. The Labute approximate surface area is 151 Å². The molecule has 0 aliphatic rings. The molecule has 136 valence electrons. The van der Waals surface area contributed by atoms with Gasteiger partial charge >= 0.3 is 6.36 Å². The highest BCUT2D eigenvalue weighted by atomic mass is 19.4. The van der Waals surface area contributed by atoms with Crippen LogP contribution < -0.4 is 10.1 Å². The summed E-state index contributed by atoms with van der Waals surface area (Å²) in [4.78, 5) is 12.6. The van der Waals surface area contributed by atoms with Gasteiger partial charge < -0.3 is 15.2 Å². The van der Waals surface area contributed by atoms with Gasteiger partial charge in [0.2, 0.25) is 0 Å². The van der Waals surface area contributed by atoms with E-state index in [4.69, 9.17) is 5.26 Å². The number of phenols is 1. The van der Waals surface area contributed by atoms with Crippen LogP contribution in [0.5, 0.6) is 11.5 Å². The minimum Gasteiger partial charge on any atom is -0.507 e. The van der Waals surface area contributed by atoms with Gasteiger partial charge in [-0.25, -0.2) is 0 Å². The van der Waals surface area contributed by atoms with E-state index in [0.717, 1.165) is 12.1 Å². The quantitative estimate of drug-likeness (QED) is 0.706. The molecule has 0 heterocycles. The molecule has 0 aliphatic heterocycles. The third-order valence-electron chi connectivity index (χ3n) is 3.72. The van der Waals surface area contributed by atoms with E-state index < -0.39 is 18.0 Å². The SMILES string of the molecule is N#Cc1ccc(NC(=O)c2c(O)ccc3ccccc23)c(OC(F)(F)F)c1. The fraction of sp³-hybridized carbons (Fsp3) is 0.0526. The standard InChI is InChI=1S/C19H11F3N2O3/c20-19(21,22)27-16-9-11(10-23)5-7-14(16)24-18(26)17-13-4-2-1-3-12(13)6-8-15(17)25/h1-9,25H,(H,24,26). The van der Waals surface area contributed by atoms with Crippen molar-refractivity contribution >= 4 is 22.4 Å². The molecule has 0 spiro atoms. The number of nitriles is 1. The number of anilines is 1. The number of carbonyl (C=O) groups excluding carboxylic acids is 1. The molecule has 0 radical (unpaired) electrons. The molecule has 0 aliphatic carbocycles. The van der Waals surface area contributed by atoms with E-state index in [1.807, 2.05) is 0 Å². The van der Waals surface area contributed by atoms with Crippen molar-refractivity contribution < 1.29 is 27.8 Å². The lowest BCUT2D eigenvalue weighted by Crippen LogP contribution is -2.20. The zero-order valence-corrected chi connectivity index (χ0v) is 13.5. The van der Waals surface area contributed by atoms with E-state index in [-0.39, 0.29) is 22.6 Å². The number of carbonyl (C=O) groups is 1. The average Bonchev–Trinajstić information content (AvgIpc) is 2.61. The van der Waals surface area contributed by atoms with Crippen LogP contribution in [0.1, 0.15) is 15.9 Å². The van der Waals surface area contributed by atoms with Gasteiger partial charge in [0, 0.05) is 6.07 Å². The monoisotopic (exact) mass is 372 g/mol. The molecular formula is C19H11F3N2O3. The van der Waals surface area contributed by atoms with Gasteiger partial charge in [-0.3, -0.25) is 4.79 Å². The van der Waals surface area contributed by atoms with E-state index in [1.54, 1.807) is 36.4 Å². The Bertz CT molecular complexity index is 1070. The van der Waals surface area contributed by atoms with Gasteiger partial charge in [0.25, 0.3) is 5.91 Å². The fourth-order valence-electron chi connectivity index (χ4n) is 2.59. The van der Waals surface area contributed by atoms with E-state index in [0.29, 0.717) is 10.8 Å². The number of aromatic hydroxyl groups is 1. The number of amides is 1. The number of nitrogens with one attached hydrogen (secondary N) is 1. The van der Waals surface area contributed by atoms with Gasteiger partial charge in [0.15, 0.2) is 5.75 Å². The Morgan fingerprint density at radius 1 is 1.11 bits per heavy atom. The second-order valence-corrected chi connectivity index (χ2v) is 5.51.